The third-order valence-corrected chi connectivity index (χ3v) is 4.40. The summed E-state index contributed by atoms with van der Waals surface area (Å²) >= 11 is 0. The van der Waals surface area contributed by atoms with Crippen molar-refractivity contribution in [3.05, 3.63) is 41.7 Å². The molecule has 146 valence electrons. The Bertz CT molecular complexity index is 699. The minimum Gasteiger partial charge on any atom is -0.459 e. The van der Waals surface area contributed by atoms with Crippen LogP contribution in [0, 0.1) is 17.2 Å². The van der Waals surface area contributed by atoms with Crippen LogP contribution in [0.2, 0.25) is 0 Å². The topological polar surface area (TPSA) is 59.3 Å². The molecule has 1 aliphatic rings. The molecule has 0 saturated heterocycles. The average Bonchev–Trinajstić information content (AvgIpc) is 2.62. The first-order chi connectivity index (χ1) is 12.8. The quantitative estimate of drug-likeness (QED) is 0.371. The third kappa shape index (κ3) is 7.29. The smallest absolute Gasteiger partial charge is 0.459 e. The van der Waals surface area contributed by atoms with Gasteiger partial charge in [0.2, 0.25) is 0 Å². The van der Waals surface area contributed by atoms with Crippen molar-refractivity contribution in [2.24, 2.45) is 5.92 Å². The summed E-state index contributed by atoms with van der Waals surface area (Å²) in [6, 6.07) is 6.02. The van der Waals surface area contributed by atoms with Crippen LogP contribution in [0.3, 0.4) is 0 Å². The summed E-state index contributed by atoms with van der Waals surface area (Å²) in [5, 5.41) is 8.35. The number of hydrogen-bond donors (Lipinski definition) is 0. The molecule has 0 bridgehead atoms. The Balaban J connectivity index is 1.76. The van der Waals surface area contributed by atoms with Gasteiger partial charge < -0.3 is 9.47 Å². The summed E-state index contributed by atoms with van der Waals surface area (Å²) in [4.78, 5) is 12.1. The fourth-order valence-corrected chi connectivity index (χ4v) is 3.04. The monoisotopic (exact) mass is 385 g/mol. The predicted octanol–water partition coefficient (Wildman–Crippen LogP) is 5.46. The normalized spacial score (nSPS) is 20.6. The molecule has 0 radical (unpaired) electrons. The Labute approximate surface area is 154 Å². The highest BCUT2D eigenvalue weighted by Gasteiger charge is 2.31. The molecule has 0 N–H and O–H groups in total. The molecule has 0 unspecified atom stereocenters. The van der Waals surface area contributed by atoms with E-state index in [1.807, 2.05) is 0 Å². The highest BCUT2D eigenvalue weighted by molar-refractivity contribution is 5.89. The number of hydrogen-bond acceptors (Lipinski definition) is 4. The number of carbonyl (C=O) groups excluding carboxylic acids is 1. The highest BCUT2D eigenvalue weighted by atomic mass is 19.4. The third-order valence-electron chi connectivity index (χ3n) is 4.40. The first-order valence-corrected chi connectivity index (χ1v) is 8.59. The molecule has 0 amide bonds. The summed E-state index contributed by atoms with van der Waals surface area (Å²) in [7, 11) is 0. The van der Waals surface area contributed by atoms with Crippen LogP contribution in [0.15, 0.2) is 36.2 Å². The summed E-state index contributed by atoms with van der Waals surface area (Å²) in [6.45, 7) is 0. The fraction of sp³-hybridized carbons (Fsp3) is 0.474. The van der Waals surface area contributed by atoms with Crippen molar-refractivity contribution in [2.45, 2.75) is 51.0 Å². The summed E-state index contributed by atoms with van der Waals surface area (Å²) in [6.07, 6.45) is 0.543. The zero-order valence-corrected chi connectivity index (χ0v) is 14.5. The van der Waals surface area contributed by atoms with Crippen molar-refractivity contribution >= 4 is 5.97 Å². The second kappa shape index (κ2) is 9.40. The average molecular weight is 385 g/mol. The molecule has 0 aliphatic heterocycles. The van der Waals surface area contributed by atoms with Crippen molar-refractivity contribution in [1.29, 1.82) is 5.26 Å². The van der Waals surface area contributed by atoms with E-state index in [0.717, 1.165) is 31.4 Å². The van der Waals surface area contributed by atoms with Crippen LogP contribution in [-0.2, 0) is 4.74 Å². The van der Waals surface area contributed by atoms with Crippen molar-refractivity contribution in [2.75, 3.05) is 0 Å². The molecule has 0 heterocycles. The second-order valence-electron chi connectivity index (χ2n) is 6.36. The van der Waals surface area contributed by atoms with Crippen LogP contribution >= 0.6 is 0 Å². The number of ether oxygens (including phenoxy) is 2. The number of halogens is 4. The number of esters is 1. The number of nitriles is 1. The molecule has 27 heavy (non-hydrogen) atoms. The van der Waals surface area contributed by atoms with E-state index in [4.69, 9.17) is 10.00 Å². The van der Waals surface area contributed by atoms with Crippen LogP contribution in [-0.4, -0.2) is 18.4 Å². The number of allylic oxidation sites excluding steroid dienone is 2. The molecule has 0 atom stereocenters. The molecule has 2 rings (SSSR count). The van der Waals surface area contributed by atoms with Crippen molar-refractivity contribution < 1.29 is 31.8 Å². The lowest BCUT2D eigenvalue weighted by Crippen LogP contribution is -2.24. The van der Waals surface area contributed by atoms with Gasteiger partial charge in [0.15, 0.2) is 5.83 Å². The zero-order chi connectivity index (χ0) is 19.9. The van der Waals surface area contributed by atoms with Crippen LogP contribution in [0.25, 0.3) is 0 Å². The Kier molecular flexibility index (Phi) is 7.22. The minimum atomic E-state index is -4.78. The first-order valence-electron chi connectivity index (χ1n) is 8.59. The lowest BCUT2D eigenvalue weighted by Gasteiger charge is -2.28. The van der Waals surface area contributed by atoms with Gasteiger partial charge in [-0.25, -0.2) is 4.79 Å². The molecule has 1 aliphatic carbocycles. The molecular formula is C19H19F4NO3. The maximum atomic E-state index is 12.7. The number of alkyl halides is 3. The van der Waals surface area contributed by atoms with Crippen LogP contribution < -0.4 is 4.74 Å². The van der Waals surface area contributed by atoms with Crippen molar-refractivity contribution in [3.63, 3.8) is 0 Å². The summed E-state index contributed by atoms with van der Waals surface area (Å²) < 4.78 is 58.3. The van der Waals surface area contributed by atoms with Gasteiger partial charge in [-0.15, -0.1) is 13.2 Å². The van der Waals surface area contributed by atoms with Crippen molar-refractivity contribution in [1.82, 2.24) is 0 Å². The minimum absolute atomic E-state index is 0.156. The molecule has 1 aromatic carbocycles. The Morgan fingerprint density at radius 1 is 1.19 bits per heavy atom. The number of nitrogens with zero attached hydrogens (tertiary/aromatic N) is 1. The zero-order valence-electron chi connectivity index (χ0n) is 14.5. The maximum Gasteiger partial charge on any atom is 0.573 e. The van der Waals surface area contributed by atoms with Gasteiger partial charge in [-0.05, 0) is 74.8 Å². The van der Waals surface area contributed by atoms with Gasteiger partial charge in [0.05, 0.1) is 5.56 Å². The molecule has 1 aromatic rings. The standard InChI is InChI=1S/C19H19F4NO3/c20-15(12-24)3-1-2-13-4-8-16(9-5-13)26-18(25)14-6-10-17(11-7-14)27-19(21,22)23/h3,6-7,10-11,13,16H,1-2,4-5,8-9H2. The first kappa shape index (κ1) is 20.7. The molecule has 0 aromatic heterocycles. The molecule has 4 nitrogen and oxygen atoms in total. The van der Waals surface area contributed by atoms with Gasteiger partial charge in [-0.1, -0.05) is 0 Å². The summed E-state index contributed by atoms with van der Waals surface area (Å²) in [5.41, 5.74) is 0.156. The van der Waals surface area contributed by atoms with Crippen molar-refractivity contribution in [3.8, 4) is 11.8 Å². The molecule has 0 spiro atoms. The van der Waals surface area contributed by atoms with Gasteiger partial charge in [-0.2, -0.15) is 9.65 Å². The van der Waals surface area contributed by atoms with Gasteiger partial charge in [0.1, 0.15) is 17.9 Å². The molecule has 8 heteroatoms. The molecule has 1 saturated carbocycles. The largest absolute Gasteiger partial charge is 0.573 e. The predicted molar refractivity (Wildman–Crippen MR) is 88.3 cm³/mol. The van der Waals surface area contributed by atoms with Crippen LogP contribution in [0.1, 0.15) is 48.9 Å². The SMILES string of the molecule is N#CC(F)=CCCC1CCC(OC(=O)c2ccc(OC(F)(F)F)cc2)CC1. The lowest BCUT2D eigenvalue weighted by molar-refractivity contribution is -0.274. The fourth-order valence-electron chi connectivity index (χ4n) is 3.04. The van der Waals surface area contributed by atoms with Gasteiger partial charge in [-0.3, -0.25) is 0 Å². The van der Waals surface area contributed by atoms with E-state index in [1.54, 1.807) is 0 Å². The maximum absolute atomic E-state index is 12.7. The van der Waals surface area contributed by atoms with E-state index in [-0.39, 0.29) is 11.7 Å². The van der Waals surface area contributed by atoms with Crippen LogP contribution in [0.4, 0.5) is 17.6 Å². The highest BCUT2D eigenvalue weighted by Crippen LogP contribution is 2.30. The van der Waals surface area contributed by atoms with Gasteiger partial charge >= 0.3 is 12.3 Å². The Morgan fingerprint density at radius 3 is 2.37 bits per heavy atom. The van der Waals surface area contributed by atoms with E-state index in [2.05, 4.69) is 4.74 Å². The lowest BCUT2D eigenvalue weighted by atomic mass is 9.84. The number of benzene rings is 1. The van der Waals surface area contributed by atoms with E-state index in [0.29, 0.717) is 25.2 Å². The van der Waals surface area contributed by atoms with Gasteiger partial charge in [0, 0.05) is 0 Å². The molecular weight excluding hydrogens is 366 g/mol. The number of rotatable bonds is 6. The second-order valence-corrected chi connectivity index (χ2v) is 6.36. The summed E-state index contributed by atoms with van der Waals surface area (Å²) in [5.74, 6) is -1.37. The van der Waals surface area contributed by atoms with E-state index in [9.17, 15) is 22.4 Å². The van der Waals surface area contributed by atoms with E-state index >= 15 is 0 Å². The Morgan fingerprint density at radius 2 is 1.81 bits per heavy atom. The van der Waals surface area contributed by atoms with E-state index in [1.165, 1.54) is 24.3 Å². The molecule has 1 fully saturated rings. The van der Waals surface area contributed by atoms with E-state index < -0.39 is 23.9 Å². The number of carbonyl (C=O) groups is 1. The Hall–Kier alpha value is -2.56. The van der Waals surface area contributed by atoms with Crippen LogP contribution in [0.5, 0.6) is 5.75 Å². The van der Waals surface area contributed by atoms with Gasteiger partial charge in [0.25, 0.3) is 0 Å².